The lowest BCUT2D eigenvalue weighted by atomic mass is 9.99. The summed E-state index contributed by atoms with van der Waals surface area (Å²) in [5.41, 5.74) is 1.19. The third kappa shape index (κ3) is 3.96. The number of carbonyl (C=O) groups is 1. The zero-order chi connectivity index (χ0) is 15.9. The second kappa shape index (κ2) is 7.77. The van der Waals surface area contributed by atoms with Crippen LogP contribution in [0.15, 0.2) is 29.5 Å². The number of hydrogen-bond donors (Lipinski definition) is 1. The minimum absolute atomic E-state index is 0.0816. The van der Waals surface area contributed by atoms with Crippen LogP contribution >= 0.6 is 0 Å². The number of methoxy groups -OCH3 is 1. The highest BCUT2D eigenvalue weighted by molar-refractivity contribution is 5.82. The van der Waals surface area contributed by atoms with Gasteiger partial charge in [-0.25, -0.2) is 0 Å². The van der Waals surface area contributed by atoms with Crippen LogP contribution in [0.4, 0.5) is 0 Å². The molecule has 1 aliphatic heterocycles. The van der Waals surface area contributed by atoms with Crippen LogP contribution < -0.4 is 5.32 Å². The predicted molar refractivity (Wildman–Crippen MR) is 85.5 cm³/mol. The summed E-state index contributed by atoms with van der Waals surface area (Å²) in [6.07, 6.45) is 4.53. The Morgan fingerprint density at radius 1 is 1.55 bits per heavy atom. The SMILES string of the molecule is CN=C(NCCc1cccnc1)N1CC(C)C(C(=O)OC)C1. The van der Waals surface area contributed by atoms with Crippen molar-refractivity contribution in [2.75, 3.05) is 33.8 Å². The molecular formula is C16H24N4O2. The van der Waals surface area contributed by atoms with Crippen molar-refractivity contribution in [3.05, 3.63) is 30.1 Å². The number of pyridine rings is 1. The number of hydrogen-bond acceptors (Lipinski definition) is 4. The number of carbonyl (C=O) groups excluding carboxylic acids is 1. The Labute approximate surface area is 131 Å². The molecule has 6 heteroatoms. The maximum atomic E-state index is 11.8. The Bertz CT molecular complexity index is 518. The average molecular weight is 304 g/mol. The minimum Gasteiger partial charge on any atom is -0.469 e. The summed E-state index contributed by atoms with van der Waals surface area (Å²) >= 11 is 0. The zero-order valence-corrected chi connectivity index (χ0v) is 13.5. The molecule has 2 unspecified atom stereocenters. The van der Waals surface area contributed by atoms with E-state index in [1.165, 1.54) is 12.7 Å². The summed E-state index contributed by atoms with van der Waals surface area (Å²) in [7, 11) is 3.21. The maximum absolute atomic E-state index is 11.8. The molecule has 6 nitrogen and oxygen atoms in total. The first-order valence-electron chi connectivity index (χ1n) is 7.58. The first kappa shape index (κ1) is 16.3. The smallest absolute Gasteiger partial charge is 0.310 e. The lowest BCUT2D eigenvalue weighted by Gasteiger charge is -2.21. The first-order chi connectivity index (χ1) is 10.7. The first-order valence-corrected chi connectivity index (χ1v) is 7.58. The molecule has 0 spiro atoms. The van der Waals surface area contributed by atoms with Gasteiger partial charge in [0.05, 0.1) is 13.0 Å². The Hall–Kier alpha value is -2.11. The second-order valence-electron chi connectivity index (χ2n) is 5.60. The van der Waals surface area contributed by atoms with Gasteiger partial charge in [0.25, 0.3) is 0 Å². The third-order valence-electron chi connectivity index (χ3n) is 4.05. The molecule has 22 heavy (non-hydrogen) atoms. The Morgan fingerprint density at radius 3 is 3.00 bits per heavy atom. The van der Waals surface area contributed by atoms with Crippen LogP contribution in [0.3, 0.4) is 0 Å². The molecule has 0 aliphatic carbocycles. The molecule has 1 aliphatic rings. The van der Waals surface area contributed by atoms with E-state index in [2.05, 4.69) is 33.2 Å². The average Bonchev–Trinajstić information content (AvgIpc) is 2.93. The summed E-state index contributed by atoms with van der Waals surface area (Å²) in [5, 5.41) is 3.35. The largest absolute Gasteiger partial charge is 0.469 e. The van der Waals surface area contributed by atoms with Gasteiger partial charge in [0.15, 0.2) is 5.96 Å². The molecule has 0 bridgehead atoms. The van der Waals surface area contributed by atoms with Gasteiger partial charge in [0, 0.05) is 39.1 Å². The molecular weight excluding hydrogens is 280 g/mol. The van der Waals surface area contributed by atoms with Gasteiger partial charge in [-0.2, -0.15) is 0 Å². The number of rotatable bonds is 4. The molecule has 1 fully saturated rings. The van der Waals surface area contributed by atoms with Crippen LogP contribution in [0.2, 0.25) is 0 Å². The van der Waals surface area contributed by atoms with E-state index in [4.69, 9.17) is 4.74 Å². The molecule has 120 valence electrons. The van der Waals surface area contributed by atoms with Crippen molar-refractivity contribution >= 4 is 11.9 Å². The number of ether oxygens (including phenoxy) is 1. The third-order valence-corrected chi connectivity index (χ3v) is 4.05. The summed E-state index contributed by atoms with van der Waals surface area (Å²) in [6, 6.07) is 4.00. The van der Waals surface area contributed by atoms with Crippen LogP contribution in [0, 0.1) is 11.8 Å². The molecule has 2 atom stereocenters. The van der Waals surface area contributed by atoms with Crippen LogP contribution in [-0.2, 0) is 16.0 Å². The van der Waals surface area contributed by atoms with Gasteiger partial charge in [-0.3, -0.25) is 14.8 Å². The van der Waals surface area contributed by atoms with Gasteiger partial charge in [0.2, 0.25) is 0 Å². The number of aromatic nitrogens is 1. The number of esters is 1. The molecule has 0 amide bonds. The summed E-state index contributed by atoms with van der Waals surface area (Å²) in [6.45, 7) is 4.32. The highest BCUT2D eigenvalue weighted by atomic mass is 16.5. The van der Waals surface area contributed by atoms with E-state index >= 15 is 0 Å². The van der Waals surface area contributed by atoms with Crippen molar-refractivity contribution in [1.82, 2.24) is 15.2 Å². The van der Waals surface area contributed by atoms with Gasteiger partial charge in [-0.15, -0.1) is 0 Å². The maximum Gasteiger partial charge on any atom is 0.310 e. The van der Waals surface area contributed by atoms with Crippen molar-refractivity contribution in [3.63, 3.8) is 0 Å². The van der Waals surface area contributed by atoms with Gasteiger partial charge < -0.3 is 15.0 Å². The van der Waals surface area contributed by atoms with Gasteiger partial charge in [0.1, 0.15) is 0 Å². The fourth-order valence-electron chi connectivity index (χ4n) is 2.79. The Morgan fingerprint density at radius 2 is 2.36 bits per heavy atom. The van der Waals surface area contributed by atoms with Crippen molar-refractivity contribution in [2.24, 2.45) is 16.8 Å². The zero-order valence-electron chi connectivity index (χ0n) is 13.5. The van der Waals surface area contributed by atoms with Crippen LogP contribution in [0.1, 0.15) is 12.5 Å². The van der Waals surface area contributed by atoms with E-state index < -0.39 is 0 Å². The van der Waals surface area contributed by atoms with Crippen molar-refractivity contribution in [2.45, 2.75) is 13.3 Å². The fourth-order valence-corrected chi connectivity index (χ4v) is 2.79. The summed E-state index contributed by atoms with van der Waals surface area (Å²) in [5.74, 6) is 0.883. The van der Waals surface area contributed by atoms with Crippen LogP contribution in [-0.4, -0.2) is 55.6 Å². The lowest BCUT2D eigenvalue weighted by molar-refractivity contribution is -0.145. The number of aliphatic imine (C=N–C) groups is 1. The molecule has 1 aromatic heterocycles. The van der Waals surface area contributed by atoms with Gasteiger partial charge in [-0.05, 0) is 24.0 Å². The Balaban J connectivity index is 1.86. The molecule has 2 heterocycles. The lowest BCUT2D eigenvalue weighted by Crippen LogP contribution is -2.41. The molecule has 0 radical (unpaired) electrons. The molecule has 1 N–H and O–H groups in total. The number of nitrogens with one attached hydrogen (secondary N) is 1. The topological polar surface area (TPSA) is 66.8 Å². The Kier molecular flexibility index (Phi) is 5.75. The van der Waals surface area contributed by atoms with Crippen molar-refractivity contribution in [3.8, 4) is 0 Å². The highest BCUT2D eigenvalue weighted by Crippen LogP contribution is 2.23. The van der Waals surface area contributed by atoms with Crippen LogP contribution in [0.25, 0.3) is 0 Å². The van der Waals surface area contributed by atoms with Crippen molar-refractivity contribution < 1.29 is 9.53 Å². The summed E-state index contributed by atoms with van der Waals surface area (Å²) < 4.78 is 4.87. The van der Waals surface area contributed by atoms with E-state index in [-0.39, 0.29) is 17.8 Å². The molecule has 1 aromatic rings. The monoisotopic (exact) mass is 304 g/mol. The molecule has 0 aromatic carbocycles. The number of guanidine groups is 1. The quantitative estimate of drug-likeness (QED) is 0.509. The molecule has 0 saturated carbocycles. The van der Waals surface area contributed by atoms with E-state index in [1.807, 2.05) is 12.3 Å². The highest BCUT2D eigenvalue weighted by Gasteiger charge is 2.36. The summed E-state index contributed by atoms with van der Waals surface area (Å²) in [4.78, 5) is 22.3. The minimum atomic E-state index is -0.138. The molecule has 1 saturated heterocycles. The normalized spacial score (nSPS) is 21.8. The number of likely N-dealkylation sites (tertiary alicyclic amines) is 1. The predicted octanol–water partition coefficient (Wildman–Crippen LogP) is 0.940. The van der Waals surface area contributed by atoms with Crippen molar-refractivity contribution in [1.29, 1.82) is 0 Å². The van der Waals surface area contributed by atoms with E-state index in [0.717, 1.165) is 25.5 Å². The second-order valence-corrected chi connectivity index (χ2v) is 5.60. The van der Waals surface area contributed by atoms with E-state index in [9.17, 15) is 4.79 Å². The van der Waals surface area contributed by atoms with Gasteiger partial charge in [-0.1, -0.05) is 13.0 Å². The molecule has 2 rings (SSSR count). The van der Waals surface area contributed by atoms with Gasteiger partial charge >= 0.3 is 5.97 Å². The van der Waals surface area contributed by atoms with Crippen LogP contribution in [0.5, 0.6) is 0 Å². The number of nitrogens with zero attached hydrogens (tertiary/aromatic N) is 3. The fraction of sp³-hybridized carbons (Fsp3) is 0.562. The van der Waals surface area contributed by atoms with E-state index in [0.29, 0.717) is 6.54 Å². The van der Waals surface area contributed by atoms with E-state index in [1.54, 1.807) is 13.2 Å². The standard InChI is InChI=1S/C16H24N4O2/c1-12-10-20(11-14(12)15(21)22-3)16(17-2)19-8-6-13-5-4-7-18-9-13/h4-5,7,9,12,14H,6,8,10-11H2,1-3H3,(H,17,19).